The second kappa shape index (κ2) is 11.0. The number of piperazine rings is 1. The van der Waals surface area contributed by atoms with Gasteiger partial charge in [0, 0.05) is 51.4 Å². The molecule has 1 aromatic rings. The number of nitro benzene ring substituents is 1. The summed E-state index contributed by atoms with van der Waals surface area (Å²) in [7, 11) is -12.8. The van der Waals surface area contributed by atoms with Gasteiger partial charge in [-0.15, -0.1) is 0 Å². The number of anilines is 1. The van der Waals surface area contributed by atoms with Crippen LogP contribution in [0, 0.1) is 10.1 Å². The van der Waals surface area contributed by atoms with Gasteiger partial charge in [0.2, 0.25) is 10.0 Å². The normalized spacial score (nSPS) is 15.9. The zero-order chi connectivity index (χ0) is 24.9. The van der Waals surface area contributed by atoms with Crippen molar-refractivity contribution in [1.29, 1.82) is 0 Å². The molecule has 3 N–H and O–H groups in total. The van der Waals surface area contributed by atoms with Crippen LogP contribution in [0.4, 0.5) is 11.4 Å². The van der Waals surface area contributed by atoms with Crippen LogP contribution < -0.4 is 10.2 Å². The molecule has 1 fully saturated rings. The van der Waals surface area contributed by atoms with Crippen LogP contribution in [-0.4, -0.2) is 94.4 Å². The Hall–Kier alpha value is -1.89. The first-order chi connectivity index (χ1) is 15.2. The fourth-order valence-electron chi connectivity index (χ4n) is 3.34. The summed E-state index contributed by atoms with van der Waals surface area (Å²) in [5.74, 6) is -1.26. The number of nitro groups is 1. The average molecular weight is 531 g/mol. The van der Waals surface area contributed by atoms with E-state index in [1.165, 1.54) is 15.3 Å². The van der Waals surface area contributed by atoms with Crippen LogP contribution >= 0.6 is 0 Å². The first-order valence-electron chi connectivity index (χ1n) is 9.85. The predicted molar refractivity (Wildman–Crippen MR) is 119 cm³/mol. The molecule has 0 aliphatic carbocycles. The van der Waals surface area contributed by atoms with Crippen LogP contribution in [0.3, 0.4) is 0 Å². The van der Waals surface area contributed by atoms with Gasteiger partial charge >= 0.3 is 0 Å². The molecule has 2 rings (SSSR count). The minimum Gasteiger partial charge on any atom is -0.370 e. The summed E-state index contributed by atoms with van der Waals surface area (Å²) in [4.78, 5) is 11.5. The lowest BCUT2D eigenvalue weighted by atomic mass is 10.2. The van der Waals surface area contributed by atoms with E-state index in [1.807, 2.05) is 0 Å². The number of non-ortho nitro benzene ring substituents is 1. The molecule has 17 heteroatoms. The van der Waals surface area contributed by atoms with Gasteiger partial charge in [-0.3, -0.25) is 19.2 Å². The first-order valence-corrected chi connectivity index (χ1v) is 14.5. The fraction of sp³-hybridized carbons (Fsp3) is 0.625. The maximum absolute atomic E-state index is 13.3. The monoisotopic (exact) mass is 530 g/mol. The summed E-state index contributed by atoms with van der Waals surface area (Å²) in [5, 5.41) is 14.3. The predicted octanol–water partition coefficient (Wildman–Crippen LogP) is -0.449. The van der Waals surface area contributed by atoms with E-state index in [2.05, 4.69) is 5.32 Å². The molecule has 188 valence electrons. The van der Waals surface area contributed by atoms with E-state index < -0.39 is 52.4 Å². The molecule has 1 saturated heterocycles. The Bertz CT molecular complexity index is 1120. The molecule has 0 aromatic heterocycles. The highest BCUT2D eigenvalue weighted by Gasteiger charge is 2.31. The van der Waals surface area contributed by atoms with E-state index in [-0.39, 0.29) is 49.6 Å². The standard InChI is InChI=1S/C16H26N4O10S3/c21-20(22)14-3-4-15(16(13-14)33(29,30)19-9-5-17-6-10-19)18(7-1-11-31(23,24)25)8-2-12-32(26,27)28/h3-4,13,17H,1-2,5-12H2,(H,23,24,25)(H,26,27,28). The van der Waals surface area contributed by atoms with Gasteiger partial charge in [-0.2, -0.15) is 21.1 Å². The summed E-state index contributed by atoms with van der Waals surface area (Å²) >= 11 is 0. The summed E-state index contributed by atoms with van der Waals surface area (Å²) in [6.07, 6.45) is -0.260. The highest BCUT2D eigenvalue weighted by atomic mass is 32.2. The van der Waals surface area contributed by atoms with Crippen molar-refractivity contribution in [2.75, 3.05) is 55.7 Å². The van der Waals surface area contributed by atoms with Crippen LogP contribution in [0.2, 0.25) is 0 Å². The molecule has 1 aromatic carbocycles. The van der Waals surface area contributed by atoms with Crippen molar-refractivity contribution in [3.05, 3.63) is 28.3 Å². The van der Waals surface area contributed by atoms with Crippen molar-refractivity contribution >= 4 is 41.6 Å². The van der Waals surface area contributed by atoms with Crippen molar-refractivity contribution in [2.24, 2.45) is 0 Å². The Morgan fingerprint density at radius 1 is 0.970 bits per heavy atom. The number of nitrogens with one attached hydrogen (secondary N) is 1. The van der Waals surface area contributed by atoms with E-state index >= 15 is 0 Å². The topological polar surface area (TPSA) is 205 Å². The molecule has 1 aliphatic rings. The third-order valence-electron chi connectivity index (χ3n) is 4.85. The number of nitrogens with zero attached hydrogens (tertiary/aromatic N) is 3. The smallest absolute Gasteiger partial charge is 0.270 e. The molecule has 0 saturated carbocycles. The zero-order valence-corrected chi connectivity index (χ0v) is 20.0. The molecule has 0 atom stereocenters. The fourth-order valence-corrected chi connectivity index (χ4v) is 6.00. The lowest BCUT2D eigenvalue weighted by Gasteiger charge is -2.31. The molecule has 33 heavy (non-hydrogen) atoms. The van der Waals surface area contributed by atoms with Crippen LogP contribution in [0.1, 0.15) is 12.8 Å². The largest absolute Gasteiger partial charge is 0.370 e. The third kappa shape index (κ3) is 8.43. The molecule has 0 radical (unpaired) electrons. The minimum atomic E-state index is -4.30. The van der Waals surface area contributed by atoms with Crippen LogP contribution in [0.5, 0.6) is 0 Å². The van der Waals surface area contributed by atoms with Gasteiger partial charge in [-0.05, 0) is 18.9 Å². The number of sulfonamides is 1. The lowest BCUT2D eigenvalue weighted by Crippen LogP contribution is -2.46. The number of hydrogen-bond acceptors (Lipinski definition) is 10. The number of benzene rings is 1. The summed E-state index contributed by atoms with van der Waals surface area (Å²) in [6, 6.07) is 3.20. The lowest BCUT2D eigenvalue weighted by molar-refractivity contribution is -0.385. The molecule has 0 bridgehead atoms. The second-order valence-electron chi connectivity index (χ2n) is 7.33. The minimum absolute atomic E-state index is 0.0183. The molecule has 0 spiro atoms. The zero-order valence-electron chi connectivity index (χ0n) is 17.5. The molecule has 0 unspecified atom stereocenters. The number of hydrogen-bond donors (Lipinski definition) is 3. The van der Waals surface area contributed by atoms with Crippen molar-refractivity contribution < 1.29 is 39.3 Å². The van der Waals surface area contributed by atoms with Crippen LogP contribution in [0.15, 0.2) is 23.1 Å². The molecule has 1 aliphatic heterocycles. The Kier molecular flexibility index (Phi) is 9.14. The van der Waals surface area contributed by atoms with E-state index in [1.54, 1.807) is 0 Å². The molecular weight excluding hydrogens is 504 g/mol. The van der Waals surface area contributed by atoms with E-state index in [0.717, 1.165) is 12.1 Å². The van der Waals surface area contributed by atoms with E-state index in [4.69, 9.17) is 9.11 Å². The van der Waals surface area contributed by atoms with Crippen LogP contribution in [0.25, 0.3) is 0 Å². The van der Waals surface area contributed by atoms with Crippen LogP contribution in [-0.2, 0) is 30.3 Å². The van der Waals surface area contributed by atoms with Gasteiger partial charge in [-0.25, -0.2) is 8.42 Å². The first kappa shape index (κ1) is 27.4. The Morgan fingerprint density at radius 2 is 1.48 bits per heavy atom. The Balaban J connectivity index is 2.48. The number of rotatable bonds is 12. The molecule has 1 heterocycles. The quantitative estimate of drug-likeness (QED) is 0.178. The molecular formula is C16H26N4O10S3. The van der Waals surface area contributed by atoms with Gasteiger partial charge in [-0.1, -0.05) is 0 Å². The summed E-state index contributed by atoms with van der Waals surface area (Å²) < 4.78 is 90.2. The Labute approximate surface area is 192 Å². The van der Waals surface area contributed by atoms with Gasteiger partial charge in [0.05, 0.1) is 22.1 Å². The van der Waals surface area contributed by atoms with Gasteiger partial charge in [0.15, 0.2) is 0 Å². The molecule has 14 nitrogen and oxygen atoms in total. The Morgan fingerprint density at radius 3 is 1.94 bits per heavy atom. The van der Waals surface area contributed by atoms with Gasteiger partial charge in [0.25, 0.3) is 25.9 Å². The highest BCUT2D eigenvalue weighted by Crippen LogP contribution is 2.32. The average Bonchev–Trinajstić information content (AvgIpc) is 2.71. The summed E-state index contributed by atoms with van der Waals surface area (Å²) in [5.41, 5.74) is -0.451. The SMILES string of the molecule is O=[N+]([O-])c1ccc(N(CCCS(=O)(=O)O)CCCS(=O)(=O)O)c(S(=O)(=O)N2CCNCC2)c1. The maximum Gasteiger partial charge on any atom is 0.270 e. The third-order valence-corrected chi connectivity index (χ3v) is 8.39. The maximum atomic E-state index is 13.3. The van der Waals surface area contributed by atoms with Crippen molar-refractivity contribution in [3.63, 3.8) is 0 Å². The van der Waals surface area contributed by atoms with E-state index in [0.29, 0.717) is 13.1 Å². The molecule has 0 amide bonds. The van der Waals surface area contributed by atoms with Gasteiger partial charge in [0.1, 0.15) is 4.90 Å². The van der Waals surface area contributed by atoms with Crippen molar-refractivity contribution in [3.8, 4) is 0 Å². The summed E-state index contributed by atoms with van der Waals surface area (Å²) in [6.45, 7) is 0.831. The van der Waals surface area contributed by atoms with Crippen molar-refractivity contribution in [2.45, 2.75) is 17.7 Å². The van der Waals surface area contributed by atoms with E-state index in [9.17, 15) is 35.4 Å². The second-order valence-corrected chi connectivity index (χ2v) is 12.4. The van der Waals surface area contributed by atoms with Gasteiger partial charge < -0.3 is 10.2 Å². The highest BCUT2D eigenvalue weighted by molar-refractivity contribution is 7.89. The van der Waals surface area contributed by atoms with Crippen molar-refractivity contribution in [1.82, 2.24) is 9.62 Å².